The molecular formula is C8F18N2O2. The zero-order valence-corrected chi connectivity index (χ0v) is 12.5. The fraction of sp³-hybridized carbons (Fsp3) is 0.875. The van der Waals surface area contributed by atoms with Gasteiger partial charge >= 0.3 is 43.3 Å². The molecule has 1 atom stereocenters. The molecule has 0 aliphatic carbocycles. The first-order valence-electron chi connectivity index (χ1n) is 5.86. The molecule has 0 N–H and O–H groups in total. The molecule has 180 valence electrons. The number of ketones is 1. The lowest BCUT2D eigenvalue weighted by Crippen LogP contribution is -2.77. The summed E-state index contributed by atoms with van der Waals surface area (Å²) in [6.45, 7) is 0. The molecule has 0 fully saturated rings. The van der Waals surface area contributed by atoms with E-state index in [1.807, 2.05) is 0 Å². The summed E-state index contributed by atoms with van der Waals surface area (Å²) in [6, 6.07) is 0. The molecule has 1 unspecified atom stereocenters. The second-order valence-corrected chi connectivity index (χ2v) is 4.56. The summed E-state index contributed by atoms with van der Waals surface area (Å²) >= 11 is 0. The highest BCUT2D eigenvalue weighted by Crippen LogP contribution is 2.52. The van der Waals surface area contributed by atoms with Crippen molar-refractivity contribution in [1.29, 1.82) is 0 Å². The highest BCUT2D eigenvalue weighted by atomic mass is 19.4. The van der Waals surface area contributed by atoms with Crippen LogP contribution in [0.4, 0.5) is 79.0 Å². The molecule has 0 aliphatic rings. The van der Waals surface area contributed by atoms with E-state index in [9.17, 15) is 83.8 Å². The van der Waals surface area contributed by atoms with E-state index in [1.54, 1.807) is 4.84 Å². The van der Waals surface area contributed by atoms with Crippen molar-refractivity contribution in [3.8, 4) is 0 Å². The molecule has 0 amide bonds. The number of Topliss-reactive ketones (excluding diaryl/α,β-unsaturated/α-hetero) is 1. The molecule has 30 heavy (non-hydrogen) atoms. The second kappa shape index (κ2) is 7.46. The van der Waals surface area contributed by atoms with Gasteiger partial charge in [-0.05, 0) is 0 Å². The number of hydroxylamine groups is 2. The minimum Gasteiger partial charge on any atom is -0.284 e. The molecule has 0 heterocycles. The van der Waals surface area contributed by atoms with Gasteiger partial charge in [-0.15, -0.1) is 0 Å². The van der Waals surface area contributed by atoms with Gasteiger partial charge in [0.2, 0.25) is 0 Å². The van der Waals surface area contributed by atoms with E-state index >= 15 is 0 Å². The average molecular weight is 498 g/mol. The standard InChI is InChI=1S/C8F18N2O2/c9-3(10,11)1(29)2(4(12,13)14,27(5(15,16)17)6(18,19)20)30-28(7(21,22)23)8(24,25)26. The number of alkyl halides is 18. The summed E-state index contributed by atoms with van der Waals surface area (Å²) in [6.07, 6.45) is -46.5. The molecule has 0 bridgehead atoms. The van der Waals surface area contributed by atoms with Gasteiger partial charge in [0.05, 0.1) is 0 Å². The molecule has 0 saturated carbocycles. The van der Waals surface area contributed by atoms with Gasteiger partial charge in [0.1, 0.15) is 0 Å². The van der Waals surface area contributed by atoms with Crippen molar-refractivity contribution < 1.29 is 88.7 Å². The molecule has 0 saturated heterocycles. The fourth-order valence-electron chi connectivity index (χ4n) is 1.56. The van der Waals surface area contributed by atoms with E-state index < -0.39 is 59.0 Å². The van der Waals surface area contributed by atoms with E-state index in [2.05, 4.69) is 0 Å². The summed E-state index contributed by atoms with van der Waals surface area (Å²) < 4.78 is 225. The Hall–Kier alpha value is -1.71. The minimum atomic E-state index is -8.15. The van der Waals surface area contributed by atoms with Gasteiger partial charge in [-0.25, -0.2) is 4.84 Å². The van der Waals surface area contributed by atoms with Crippen molar-refractivity contribution in [2.45, 2.75) is 43.3 Å². The lowest BCUT2D eigenvalue weighted by molar-refractivity contribution is -0.559. The lowest BCUT2D eigenvalue weighted by Gasteiger charge is -2.45. The van der Waals surface area contributed by atoms with Gasteiger partial charge in [-0.2, -0.15) is 79.0 Å². The largest absolute Gasteiger partial charge is 0.490 e. The average Bonchev–Trinajstić information content (AvgIpc) is 2.33. The van der Waals surface area contributed by atoms with Gasteiger partial charge in [0.25, 0.3) is 5.78 Å². The van der Waals surface area contributed by atoms with Crippen LogP contribution in [0, 0.1) is 0 Å². The normalized spacial score (nSPS) is 17.5. The summed E-state index contributed by atoms with van der Waals surface area (Å²) in [5.74, 6) is -5.46. The first-order valence-corrected chi connectivity index (χ1v) is 5.86. The van der Waals surface area contributed by atoms with Crippen molar-refractivity contribution in [1.82, 2.24) is 9.96 Å². The first kappa shape index (κ1) is 28.3. The van der Waals surface area contributed by atoms with Gasteiger partial charge in [-0.3, -0.25) is 4.79 Å². The van der Waals surface area contributed by atoms with Crippen LogP contribution in [0.25, 0.3) is 0 Å². The van der Waals surface area contributed by atoms with Gasteiger partial charge in [0, 0.05) is 5.06 Å². The summed E-state index contributed by atoms with van der Waals surface area (Å²) in [7, 11) is 0. The highest BCUT2D eigenvalue weighted by molar-refractivity contribution is 5.92. The van der Waals surface area contributed by atoms with Crippen molar-refractivity contribution >= 4 is 5.78 Å². The summed E-state index contributed by atoms with van der Waals surface area (Å²) in [5, 5.41) is -4.18. The van der Waals surface area contributed by atoms with Crippen molar-refractivity contribution in [3.63, 3.8) is 0 Å². The van der Waals surface area contributed by atoms with Crippen LogP contribution in [0.1, 0.15) is 0 Å². The molecule has 0 aliphatic heterocycles. The molecule has 0 radical (unpaired) electrons. The third-order valence-electron chi connectivity index (χ3n) is 2.46. The Balaban J connectivity index is 7.54. The molecule has 0 spiro atoms. The maximum atomic E-state index is 13.0. The van der Waals surface area contributed by atoms with E-state index in [4.69, 9.17) is 0 Å². The highest BCUT2D eigenvalue weighted by Gasteiger charge is 2.83. The monoisotopic (exact) mass is 498 g/mol. The first-order chi connectivity index (χ1) is 12.6. The van der Waals surface area contributed by atoms with Crippen LogP contribution < -0.4 is 0 Å². The van der Waals surface area contributed by atoms with Crippen LogP contribution in [0.3, 0.4) is 0 Å². The molecule has 0 rings (SSSR count). The van der Waals surface area contributed by atoms with Gasteiger partial charge < -0.3 is 0 Å². The number of hydrogen-bond donors (Lipinski definition) is 0. The zero-order chi connectivity index (χ0) is 24.9. The molecular weight excluding hydrogens is 498 g/mol. The molecule has 22 heteroatoms. The van der Waals surface area contributed by atoms with E-state index in [1.165, 1.54) is 0 Å². The van der Waals surface area contributed by atoms with Gasteiger partial charge in [0.15, 0.2) is 0 Å². The summed E-state index contributed by atoms with van der Waals surface area (Å²) in [5.41, 5.74) is -7.99. The maximum absolute atomic E-state index is 13.0. The number of carbonyl (C=O) groups is 1. The smallest absolute Gasteiger partial charge is 0.284 e. The number of rotatable bonds is 4. The molecule has 4 nitrogen and oxygen atoms in total. The Morgan fingerprint density at radius 1 is 0.533 bits per heavy atom. The number of hydrogen-bond acceptors (Lipinski definition) is 4. The van der Waals surface area contributed by atoms with E-state index in [0.717, 1.165) is 0 Å². The van der Waals surface area contributed by atoms with Crippen LogP contribution in [-0.4, -0.2) is 59.0 Å². The number of carbonyl (C=O) groups excluding carboxylic acids is 1. The predicted octanol–water partition coefficient (Wildman–Crippen LogP) is 4.99. The Labute approximate surface area is 149 Å². The Morgan fingerprint density at radius 3 is 1.00 bits per heavy atom. The molecule has 0 aromatic carbocycles. The Kier molecular flexibility index (Phi) is 7.03. The third-order valence-corrected chi connectivity index (χ3v) is 2.46. The quantitative estimate of drug-likeness (QED) is 0.237. The number of nitrogens with zero attached hydrogens (tertiary/aromatic N) is 2. The predicted molar refractivity (Wildman–Crippen MR) is 48.8 cm³/mol. The van der Waals surface area contributed by atoms with Crippen LogP contribution in [0.15, 0.2) is 0 Å². The number of halogens is 18. The zero-order valence-electron chi connectivity index (χ0n) is 12.5. The Morgan fingerprint density at radius 2 is 0.833 bits per heavy atom. The molecule has 0 aromatic heterocycles. The topological polar surface area (TPSA) is 32.8 Å². The van der Waals surface area contributed by atoms with Crippen molar-refractivity contribution in [3.05, 3.63) is 0 Å². The van der Waals surface area contributed by atoms with E-state index in [-0.39, 0.29) is 0 Å². The minimum absolute atomic E-state index is 1.61. The fourth-order valence-corrected chi connectivity index (χ4v) is 1.56. The SMILES string of the molecule is O=C(C(F)(F)F)C(ON(C(F)(F)F)C(F)(F)F)(N(C(F)(F)F)C(F)(F)F)C(F)(F)F. The van der Waals surface area contributed by atoms with Crippen molar-refractivity contribution in [2.24, 2.45) is 0 Å². The maximum Gasteiger partial charge on any atom is 0.490 e. The van der Waals surface area contributed by atoms with E-state index in [0.29, 0.717) is 0 Å². The van der Waals surface area contributed by atoms with Crippen molar-refractivity contribution in [2.75, 3.05) is 0 Å². The third kappa shape index (κ3) is 5.70. The second-order valence-electron chi connectivity index (χ2n) is 4.56. The lowest BCUT2D eigenvalue weighted by atomic mass is 10.1. The van der Waals surface area contributed by atoms with Crippen LogP contribution in [-0.2, 0) is 9.63 Å². The molecule has 0 aromatic rings. The van der Waals surface area contributed by atoms with Crippen LogP contribution >= 0.6 is 0 Å². The Bertz CT molecular complexity index is 591. The van der Waals surface area contributed by atoms with Crippen LogP contribution in [0.2, 0.25) is 0 Å². The summed E-state index contributed by atoms with van der Waals surface area (Å²) in [4.78, 5) is 7.96. The van der Waals surface area contributed by atoms with Crippen LogP contribution in [0.5, 0.6) is 0 Å². The van der Waals surface area contributed by atoms with Gasteiger partial charge in [-0.1, -0.05) is 4.90 Å².